The number of ether oxygens (including phenoxy) is 2. The van der Waals surface area contributed by atoms with E-state index in [1.807, 2.05) is 23.6 Å². The van der Waals surface area contributed by atoms with Crippen molar-refractivity contribution in [3.05, 3.63) is 33.5 Å². The maximum absolute atomic E-state index is 6.25. The molecule has 0 aliphatic heterocycles. The molecule has 0 bridgehead atoms. The van der Waals surface area contributed by atoms with Crippen molar-refractivity contribution < 1.29 is 9.47 Å². The summed E-state index contributed by atoms with van der Waals surface area (Å²) >= 11 is 7.87. The van der Waals surface area contributed by atoms with E-state index in [0.29, 0.717) is 23.1 Å². The first-order chi connectivity index (χ1) is 8.72. The molecule has 2 N–H and O–H groups in total. The van der Waals surface area contributed by atoms with E-state index in [4.69, 9.17) is 26.8 Å². The number of halogens is 1. The normalized spacial score (nSPS) is 10.4. The molecule has 0 unspecified atom stereocenters. The van der Waals surface area contributed by atoms with Gasteiger partial charge >= 0.3 is 0 Å². The topological polar surface area (TPSA) is 44.5 Å². The average Bonchev–Trinajstić information content (AvgIpc) is 2.86. The quantitative estimate of drug-likeness (QED) is 0.933. The van der Waals surface area contributed by atoms with Gasteiger partial charge in [-0.1, -0.05) is 11.6 Å². The Morgan fingerprint density at radius 1 is 1.17 bits per heavy atom. The lowest BCUT2D eigenvalue weighted by atomic mass is 10.0. The summed E-state index contributed by atoms with van der Waals surface area (Å²) < 4.78 is 10.6. The van der Waals surface area contributed by atoms with Crippen LogP contribution in [-0.4, -0.2) is 14.2 Å². The fourth-order valence-corrected chi connectivity index (χ4v) is 2.93. The lowest BCUT2D eigenvalue weighted by molar-refractivity contribution is 0.396. The van der Waals surface area contributed by atoms with Crippen LogP contribution < -0.4 is 15.2 Å². The highest BCUT2D eigenvalue weighted by molar-refractivity contribution is 7.10. The summed E-state index contributed by atoms with van der Waals surface area (Å²) in [6.45, 7) is 0.500. The standard InChI is InChI=1S/C13H14ClNO2S/c1-16-10-4-3-9(13(17-2)12(10)14)8-5-6-18-11(8)7-15/h3-6H,7,15H2,1-2H3. The zero-order chi connectivity index (χ0) is 13.1. The Bertz CT molecular complexity index is 554. The van der Waals surface area contributed by atoms with Gasteiger partial charge in [-0.05, 0) is 23.6 Å². The van der Waals surface area contributed by atoms with Crippen molar-refractivity contribution in [2.45, 2.75) is 6.54 Å². The Morgan fingerprint density at radius 3 is 2.56 bits per heavy atom. The van der Waals surface area contributed by atoms with Crippen LogP contribution in [0.4, 0.5) is 0 Å². The molecule has 2 rings (SSSR count). The second-order valence-corrected chi connectivity index (χ2v) is 5.00. The van der Waals surface area contributed by atoms with Crippen molar-refractivity contribution >= 4 is 22.9 Å². The number of benzene rings is 1. The highest BCUT2D eigenvalue weighted by atomic mass is 35.5. The zero-order valence-electron chi connectivity index (χ0n) is 10.2. The van der Waals surface area contributed by atoms with Gasteiger partial charge < -0.3 is 15.2 Å². The first kappa shape index (κ1) is 13.2. The molecule has 96 valence electrons. The Balaban J connectivity index is 2.61. The average molecular weight is 284 g/mol. The third kappa shape index (κ3) is 2.19. The van der Waals surface area contributed by atoms with Crippen molar-refractivity contribution in [3.63, 3.8) is 0 Å². The monoisotopic (exact) mass is 283 g/mol. The second-order valence-electron chi connectivity index (χ2n) is 3.62. The lowest BCUT2D eigenvalue weighted by Gasteiger charge is -2.13. The van der Waals surface area contributed by atoms with Crippen LogP contribution in [0.25, 0.3) is 11.1 Å². The van der Waals surface area contributed by atoms with Gasteiger partial charge in [0, 0.05) is 22.5 Å². The molecule has 0 saturated heterocycles. The minimum absolute atomic E-state index is 0.478. The molecule has 1 aromatic heterocycles. The molecule has 1 aromatic carbocycles. The summed E-state index contributed by atoms with van der Waals surface area (Å²) in [4.78, 5) is 1.11. The Morgan fingerprint density at radius 2 is 1.94 bits per heavy atom. The van der Waals surface area contributed by atoms with E-state index in [1.54, 1.807) is 25.6 Å². The minimum atomic E-state index is 0.478. The summed E-state index contributed by atoms with van der Waals surface area (Å²) in [6, 6.07) is 5.79. The van der Waals surface area contributed by atoms with E-state index in [-0.39, 0.29) is 0 Å². The van der Waals surface area contributed by atoms with Crippen LogP contribution in [0.3, 0.4) is 0 Å². The Hall–Kier alpha value is -1.23. The van der Waals surface area contributed by atoms with Crippen LogP contribution in [0.15, 0.2) is 23.6 Å². The van der Waals surface area contributed by atoms with Gasteiger partial charge in [-0.25, -0.2) is 0 Å². The molecular weight excluding hydrogens is 270 g/mol. The van der Waals surface area contributed by atoms with Gasteiger partial charge in [0.2, 0.25) is 0 Å². The van der Waals surface area contributed by atoms with Crippen molar-refractivity contribution in [2.75, 3.05) is 14.2 Å². The molecule has 0 aliphatic rings. The minimum Gasteiger partial charge on any atom is -0.495 e. The summed E-state index contributed by atoms with van der Waals surface area (Å²) in [5.74, 6) is 1.21. The van der Waals surface area contributed by atoms with E-state index < -0.39 is 0 Å². The van der Waals surface area contributed by atoms with Crippen LogP contribution in [0, 0.1) is 0 Å². The van der Waals surface area contributed by atoms with Crippen LogP contribution in [0.2, 0.25) is 5.02 Å². The summed E-state index contributed by atoms with van der Waals surface area (Å²) in [5.41, 5.74) is 7.72. The van der Waals surface area contributed by atoms with Crippen LogP contribution >= 0.6 is 22.9 Å². The molecule has 0 atom stereocenters. The molecule has 2 aromatic rings. The highest BCUT2D eigenvalue weighted by Crippen LogP contribution is 2.43. The van der Waals surface area contributed by atoms with Crippen LogP contribution in [0.1, 0.15) is 4.88 Å². The molecule has 3 nitrogen and oxygen atoms in total. The van der Waals surface area contributed by atoms with Gasteiger partial charge in [0.15, 0.2) is 0 Å². The predicted octanol–water partition coefficient (Wildman–Crippen LogP) is 3.54. The first-order valence-corrected chi connectivity index (χ1v) is 6.66. The summed E-state index contributed by atoms with van der Waals surface area (Å²) in [5, 5.41) is 2.49. The molecule has 1 heterocycles. The van der Waals surface area contributed by atoms with Crippen molar-refractivity contribution in [1.29, 1.82) is 0 Å². The number of nitrogens with two attached hydrogens (primary N) is 1. The summed E-state index contributed by atoms with van der Waals surface area (Å²) in [7, 11) is 3.18. The van der Waals surface area contributed by atoms with Gasteiger partial charge in [0.05, 0.1) is 14.2 Å². The molecule has 0 radical (unpaired) electrons. The number of rotatable bonds is 4. The van der Waals surface area contributed by atoms with E-state index >= 15 is 0 Å². The van der Waals surface area contributed by atoms with E-state index in [9.17, 15) is 0 Å². The third-order valence-electron chi connectivity index (χ3n) is 2.71. The number of hydrogen-bond acceptors (Lipinski definition) is 4. The number of thiophene rings is 1. The molecular formula is C13H14ClNO2S. The summed E-state index contributed by atoms with van der Waals surface area (Å²) in [6.07, 6.45) is 0. The number of hydrogen-bond donors (Lipinski definition) is 1. The van der Waals surface area contributed by atoms with Crippen LogP contribution in [-0.2, 0) is 6.54 Å². The van der Waals surface area contributed by atoms with E-state index in [1.165, 1.54) is 0 Å². The van der Waals surface area contributed by atoms with Gasteiger partial charge in [0.1, 0.15) is 16.5 Å². The third-order valence-corrected chi connectivity index (χ3v) is 4.01. The predicted molar refractivity (Wildman–Crippen MR) is 75.8 cm³/mol. The fraction of sp³-hybridized carbons (Fsp3) is 0.231. The van der Waals surface area contributed by atoms with Gasteiger partial charge in [-0.2, -0.15) is 0 Å². The molecule has 18 heavy (non-hydrogen) atoms. The van der Waals surface area contributed by atoms with E-state index in [2.05, 4.69) is 0 Å². The van der Waals surface area contributed by atoms with Crippen molar-refractivity contribution in [3.8, 4) is 22.6 Å². The smallest absolute Gasteiger partial charge is 0.149 e. The second kappa shape index (κ2) is 5.61. The molecule has 5 heteroatoms. The zero-order valence-corrected chi connectivity index (χ0v) is 11.8. The largest absolute Gasteiger partial charge is 0.495 e. The molecule has 0 fully saturated rings. The molecule has 0 saturated carbocycles. The Labute approximate surface area is 115 Å². The number of methoxy groups -OCH3 is 2. The fourth-order valence-electron chi connectivity index (χ4n) is 1.85. The highest BCUT2D eigenvalue weighted by Gasteiger charge is 2.16. The lowest BCUT2D eigenvalue weighted by Crippen LogP contribution is -1.97. The van der Waals surface area contributed by atoms with Crippen molar-refractivity contribution in [1.82, 2.24) is 0 Å². The first-order valence-electron chi connectivity index (χ1n) is 5.40. The van der Waals surface area contributed by atoms with Gasteiger partial charge in [0.25, 0.3) is 0 Å². The Kier molecular flexibility index (Phi) is 4.11. The SMILES string of the molecule is COc1ccc(-c2ccsc2CN)c(OC)c1Cl. The van der Waals surface area contributed by atoms with Crippen LogP contribution in [0.5, 0.6) is 11.5 Å². The molecule has 0 aliphatic carbocycles. The van der Waals surface area contributed by atoms with E-state index in [0.717, 1.165) is 16.0 Å². The molecule has 0 spiro atoms. The van der Waals surface area contributed by atoms with Gasteiger partial charge in [-0.3, -0.25) is 0 Å². The molecule has 0 amide bonds. The maximum atomic E-state index is 6.25. The van der Waals surface area contributed by atoms with Crippen molar-refractivity contribution in [2.24, 2.45) is 5.73 Å². The maximum Gasteiger partial charge on any atom is 0.149 e. The van der Waals surface area contributed by atoms with Gasteiger partial charge in [-0.15, -0.1) is 11.3 Å².